The lowest BCUT2D eigenvalue weighted by Gasteiger charge is -2.18. The molecule has 3 aromatic rings. The van der Waals surface area contributed by atoms with Gasteiger partial charge in [0.05, 0.1) is 5.69 Å². The Morgan fingerprint density at radius 1 is 0.953 bits per heavy atom. The minimum absolute atomic E-state index is 0.0859. The highest BCUT2D eigenvalue weighted by Gasteiger charge is 2.48. The lowest BCUT2D eigenvalue weighted by atomic mass is 9.85. The van der Waals surface area contributed by atoms with E-state index in [2.05, 4.69) is 46.8 Å². The van der Waals surface area contributed by atoms with Gasteiger partial charge in [0.2, 0.25) is 0 Å². The molecule has 0 amide bonds. The van der Waals surface area contributed by atoms with Gasteiger partial charge in [-0.15, -0.1) is 0 Å². The molecule has 1 saturated heterocycles. The zero-order valence-electron chi connectivity index (χ0n) is 25.0. The Labute approximate surface area is 248 Å². The Balaban J connectivity index is 1.74. The Bertz CT molecular complexity index is 1940. The van der Waals surface area contributed by atoms with Crippen LogP contribution in [0.5, 0.6) is 0 Å². The summed E-state index contributed by atoms with van der Waals surface area (Å²) in [6.07, 6.45) is 8.92. The number of carbonyl (C=O) groups is 3. The SMILES string of the molecule is C=Cc1c2[nH]c(c1C)C=C1NC(=C3c4[nH]c(c(C)c4C(=O)[C@@H]3C(=O)O)C=c3[nH]c(c(C)c3CC)=C2)[C@H](CCC(=O)O)[C@@H]1C. The normalized spacial score (nSPS) is 20.4. The van der Waals surface area contributed by atoms with Gasteiger partial charge in [0, 0.05) is 74.1 Å². The number of aromatic amines is 3. The molecule has 3 aliphatic rings. The number of Topliss-reactive ketones (excluding diaryl/α,β-unsaturated/α-hetero) is 1. The van der Waals surface area contributed by atoms with Gasteiger partial charge in [0.15, 0.2) is 5.78 Å². The van der Waals surface area contributed by atoms with Crippen LogP contribution in [0.3, 0.4) is 0 Å². The van der Waals surface area contributed by atoms with Crippen molar-refractivity contribution in [3.05, 3.63) is 84.8 Å². The minimum Gasteiger partial charge on any atom is -0.481 e. The zero-order valence-corrected chi connectivity index (χ0v) is 25.0. The van der Waals surface area contributed by atoms with Crippen LogP contribution in [0.4, 0.5) is 0 Å². The summed E-state index contributed by atoms with van der Waals surface area (Å²) < 4.78 is 0. The second kappa shape index (κ2) is 10.2. The first-order chi connectivity index (χ1) is 20.5. The highest BCUT2D eigenvalue weighted by molar-refractivity contribution is 6.24. The molecule has 0 radical (unpaired) electrons. The lowest BCUT2D eigenvalue weighted by Crippen LogP contribution is -2.24. The molecule has 0 unspecified atom stereocenters. The fourth-order valence-corrected chi connectivity index (χ4v) is 7.17. The molecule has 3 aromatic heterocycles. The maximum absolute atomic E-state index is 13.8. The third kappa shape index (κ3) is 4.25. The number of fused-ring (bicyclic) bond motifs is 7. The summed E-state index contributed by atoms with van der Waals surface area (Å²) >= 11 is 0. The van der Waals surface area contributed by atoms with Crippen molar-refractivity contribution in [2.45, 2.75) is 53.9 Å². The number of carboxylic acid groups (broad SMARTS) is 2. The highest BCUT2D eigenvalue weighted by atomic mass is 16.4. The van der Waals surface area contributed by atoms with E-state index in [4.69, 9.17) is 0 Å². The average molecular weight is 581 g/mol. The molecule has 8 bridgehead atoms. The van der Waals surface area contributed by atoms with E-state index in [1.165, 1.54) is 0 Å². The van der Waals surface area contributed by atoms with Gasteiger partial charge in [-0.05, 0) is 74.1 Å². The molecule has 5 heterocycles. The number of aromatic nitrogens is 3. The second-order valence-corrected chi connectivity index (χ2v) is 11.8. The molecule has 6 rings (SSSR count). The van der Waals surface area contributed by atoms with E-state index in [0.717, 1.165) is 62.2 Å². The number of carbonyl (C=O) groups excluding carboxylic acids is 1. The molecule has 9 nitrogen and oxygen atoms in total. The number of carboxylic acids is 2. The molecule has 3 atom stereocenters. The third-order valence-corrected chi connectivity index (χ3v) is 9.56. The third-order valence-electron chi connectivity index (χ3n) is 9.56. The maximum Gasteiger partial charge on any atom is 0.319 e. The van der Waals surface area contributed by atoms with Gasteiger partial charge in [-0.1, -0.05) is 26.5 Å². The largest absolute Gasteiger partial charge is 0.481 e. The Morgan fingerprint density at radius 3 is 2.30 bits per heavy atom. The second-order valence-electron chi connectivity index (χ2n) is 11.8. The molecular weight excluding hydrogens is 544 g/mol. The van der Waals surface area contributed by atoms with Crippen molar-refractivity contribution >= 4 is 47.6 Å². The van der Waals surface area contributed by atoms with E-state index >= 15 is 0 Å². The summed E-state index contributed by atoms with van der Waals surface area (Å²) in [6, 6.07) is 0. The number of nitrogens with one attached hydrogen (secondary N) is 4. The van der Waals surface area contributed by atoms with E-state index in [1.807, 2.05) is 39.0 Å². The molecule has 9 heteroatoms. The van der Waals surface area contributed by atoms with Crippen molar-refractivity contribution in [1.82, 2.24) is 20.3 Å². The topological polar surface area (TPSA) is 151 Å². The molecule has 1 fully saturated rings. The standard InChI is InChI=1S/C34H36N4O5/c1-7-18-14(3)21-11-23-16(5)20(9-10-27(39)40)31(37-23)29-30(34(42)43)33(41)28-17(6)24(38-32(28)29)13-26-19(8-2)15(4)22(36-26)12-25(18)35-21/h7,11-13,16,20,30,35-38H,1,8-10H2,2-6H3,(H,39,40)(H,42,43)/t16-,20+,30+/m0/s1. The van der Waals surface area contributed by atoms with Crippen LogP contribution in [0.1, 0.15) is 87.6 Å². The Morgan fingerprint density at radius 2 is 1.65 bits per heavy atom. The summed E-state index contributed by atoms with van der Waals surface area (Å²) in [6.45, 7) is 14.1. The van der Waals surface area contributed by atoms with Gasteiger partial charge in [-0.25, -0.2) is 0 Å². The smallest absolute Gasteiger partial charge is 0.319 e. The quantitative estimate of drug-likeness (QED) is 0.241. The van der Waals surface area contributed by atoms with Crippen LogP contribution in [0, 0.1) is 38.5 Å². The van der Waals surface area contributed by atoms with Crippen LogP contribution in [-0.4, -0.2) is 42.9 Å². The van der Waals surface area contributed by atoms with Gasteiger partial charge >= 0.3 is 11.9 Å². The van der Waals surface area contributed by atoms with Gasteiger partial charge in [0.1, 0.15) is 5.92 Å². The van der Waals surface area contributed by atoms with Crippen LogP contribution in [0.15, 0.2) is 18.0 Å². The number of allylic oxidation sites excluding steroid dienone is 2. The molecule has 2 aliphatic heterocycles. The lowest BCUT2D eigenvalue weighted by molar-refractivity contribution is -0.139. The van der Waals surface area contributed by atoms with Gasteiger partial charge in [-0.2, -0.15) is 0 Å². The zero-order chi connectivity index (χ0) is 30.9. The van der Waals surface area contributed by atoms with E-state index in [9.17, 15) is 24.6 Å². The van der Waals surface area contributed by atoms with Crippen molar-refractivity contribution < 1.29 is 24.6 Å². The van der Waals surface area contributed by atoms with Crippen molar-refractivity contribution in [1.29, 1.82) is 0 Å². The molecule has 6 N–H and O–H groups in total. The van der Waals surface area contributed by atoms with Crippen molar-refractivity contribution in [2.24, 2.45) is 17.8 Å². The summed E-state index contributed by atoms with van der Waals surface area (Å²) in [5.74, 6) is -4.49. The molecule has 0 spiro atoms. The van der Waals surface area contributed by atoms with Crippen LogP contribution >= 0.6 is 0 Å². The van der Waals surface area contributed by atoms with E-state index in [-0.39, 0.29) is 18.3 Å². The molecule has 222 valence electrons. The fraction of sp³-hybridized carbons (Fsp3) is 0.324. The summed E-state index contributed by atoms with van der Waals surface area (Å²) in [4.78, 5) is 48.6. The number of hydrogen-bond acceptors (Lipinski definition) is 4. The predicted octanol–water partition coefficient (Wildman–Crippen LogP) is 4.14. The van der Waals surface area contributed by atoms with E-state index in [1.54, 1.807) is 0 Å². The fourth-order valence-electron chi connectivity index (χ4n) is 7.17. The number of H-pyrrole nitrogens is 3. The minimum atomic E-state index is -1.39. The van der Waals surface area contributed by atoms with Gasteiger partial charge < -0.3 is 30.5 Å². The van der Waals surface area contributed by atoms with Crippen molar-refractivity contribution in [3.8, 4) is 0 Å². The highest BCUT2D eigenvalue weighted by Crippen LogP contribution is 2.48. The molecule has 43 heavy (non-hydrogen) atoms. The Kier molecular flexibility index (Phi) is 6.71. The van der Waals surface area contributed by atoms with E-state index in [0.29, 0.717) is 34.5 Å². The van der Waals surface area contributed by atoms with Crippen LogP contribution in [0.2, 0.25) is 0 Å². The summed E-state index contributed by atoms with van der Waals surface area (Å²) in [7, 11) is 0. The van der Waals surface area contributed by atoms with Crippen LogP contribution in [-0.2, 0) is 16.0 Å². The number of hydrogen-bond donors (Lipinski definition) is 6. The summed E-state index contributed by atoms with van der Waals surface area (Å²) in [5, 5.41) is 25.2. The molecule has 0 aromatic carbocycles. The van der Waals surface area contributed by atoms with E-state index < -0.39 is 23.6 Å². The van der Waals surface area contributed by atoms with Crippen LogP contribution < -0.4 is 16.0 Å². The summed E-state index contributed by atoms with van der Waals surface area (Å²) in [5.41, 5.74) is 10.1. The first-order valence-corrected chi connectivity index (χ1v) is 14.7. The average Bonchev–Trinajstić information content (AvgIpc) is 3.68. The predicted molar refractivity (Wildman–Crippen MR) is 165 cm³/mol. The number of aliphatic carboxylic acids is 2. The van der Waals surface area contributed by atoms with Gasteiger partial charge in [0.25, 0.3) is 0 Å². The van der Waals surface area contributed by atoms with Gasteiger partial charge in [-0.3, -0.25) is 14.4 Å². The van der Waals surface area contributed by atoms with Crippen molar-refractivity contribution in [3.63, 3.8) is 0 Å². The van der Waals surface area contributed by atoms with Crippen molar-refractivity contribution in [2.75, 3.05) is 0 Å². The first kappa shape index (κ1) is 28.3. The molecule has 1 aliphatic carbocycles. The molecular formula is C34H36N4O5. The monoisotopic (exact) mass is 580 g/mol. The molecule has 0 saturated carbocycles. The first-order valence-electron chi connectivity index (χ1n) is 14.7. The number of rotatable bonds is 6. The van der Waals surface area contributed by atoms with Crippen LogP contribution in [0.25, 0.3) is 29.9 Å². The number of ketones is 1. The Hall–Kier alpha value is -4.79. The maximum atomic E-state index is 13.8.